The number of hydrogen-bond acceptors (Lipinski definition) is 2. The van der Waals surface area contributed by atoms with Crippen molar-refractivity contribution in [3.63, 3.8) is 0 Å². The normalized spacial score (nSPS) is 13.4. The van der Waals surface area contributed by atoms with E-state index in [1.54, 1.807) is 30.3 Å². The molecular weight excluding hydrogens is 267 g/mol. The number of fused-ring (bicyclic) bond motifs is 1. The molecule has 1 atom stereocenters. The van der Waals surface area contributed by atoms with Gasteiger partial charge in [0.15, 0.2) is 0 Å². The van der Waals surface area contributed by atoms with Crippen LogP contribution in [-0.2, 0) is 0 Å². The van der Waals surface area contributed by atoms with Crippen molar-refractivity contribution in [3.05, 3.63) is 42.0 Å². The number of halogens is 3. The van der Waals surface area contributed by atoms with Crippen molar-refractivity contribution in [2.24, 2.45) is 5.73 Å². The van der Waals surface area contributed by atoms with Crippen LogP contribution in [0.15, 0.2) is 36.4 Å². The largest absolute Gasteiger partial charge is 0.493 e. The second-order valence-corrected chi connectivity index (χ2v) is 4.57. The number of alkyl halides is 3. The highest BCUT2D eigenvalue weighted by Crippen LogP contribution is 2.37. The fourth-order valence-electron chi connectivity index (χ4n) is 2.08. The smallest absolute Gasteiger partial charge is 0.407 e. The van der Waals surface area contributed by atoms with E-state index in [9.17, 15) is 13.2 Å². The van der Waals surface area contributed by atoms with Gasteiger partial charge in [0.25, 0.3) is 0 Å². The zero-order valence-electron chi connectivity index (χ0n) is 11.1. The van der Waals surface area contributed by atoms with Crippen molar-refractivity contribution in [2.45, 2.75) is 25.6 Å². The van der Waals surface area contributed by atoms with Crippen LogP contribution in [0.25, 0.3) is 10.8 Å². The molecule has 5 heteroatoms. The lowest BCUT2D eigenvalue weighted by Gasteiger charge is -2.19. The summed E-state index contributed by atoms with van der Waals surface area (Å²) in [6.07, 6.45) is -3.63. The van der Waals surface area contributed by atoms with Crippen molar-refractivity contribution < 1.29 is 17.9 Å². The maximum Gasteiger partial charge on any atom is 0.407 e. The van der Waals surface area contributed by atoms with Gasteiger partial charge in [0.2, 0.25) is 0 Å². The number of hydrogen-bond donors (Lipinski definition) is 1. The van der Waals surface area contributed by atoms with Gasteiger partial charge < -0.3 is 10.5 Å². The summed E-state index contributed by atoms with van der Waals surface area (Å²) in [5.41, 5.74) is 5.39. The third-order valence-corrected chi connectivity index (χ3v) is 3.07. The highest BCUT2D eigenvalue weighted by Gasteiger charge is 2.38. The van der Waals surface area contributed by atoms with Crippen molar-refractivity contribution in [1.29, 1.82) is 0 Å². The number of nitrogens with two attached hydrogens (primary N) is 1. The zero-order chi connectivity index (χ0) is 14.8. The lowest BCUT2D eigenvalue weighted by Crippen LogP contribution is -2.28. The van der Waals surface area contributed by atoms with Crippen LogP contribution in [0.1, 0.15) is 24.9 Å². The number of benzene rings is 2. The van der Waals surface area contributed by atoms with Crippen LogP contribution in [0.2, 0.25) is 0 Å². The van der Waals surface area contributed by atoms with E-state index in [0.29, 0.717) is 23.1 Å². The average molecular weight is 283 g/mol. The van der Waals surface area contributed by atoms with Crippen LogP contribution < -0.4 is 10.5 Å². The first-order chi connectivity index (χ1) is 9.45. The number of rotatable bonds is 4. The van der Waals surface area contributed by atoms with Gasteiger partial charge in [-0.05, 0) is 23.4 Å². The molecule has 0 aliphatic rings. The summed E-state index contributed by atoms with van der Waals surface area (Å²) in [6, 6.07) is 7.79. The first kappa shape index (κ1) is 14.7. The molecule has 0 heterocycles. The second-order valence-electron chi connectivity index (χ2n) is 4.57. The minimum atomic E-state index is -4.46. The predicted molar refractivity (Wildman–Crippen MR) is 72.7 cm³/mol. The van der Waals surface area contributed by atoms with Crippen LogP contribution in [0.4, 0.5) is 13.2 Å². The minimum Gasteiger partial charge on any atom is -0.493 e. The van der Waals surface area contributed by atoms with E-state index in [4.69, 9.17) is 10.5 Å². The molecule has 0 bridgehead atoms. The molecule has 0 fully saturated rings. The van der Waals surface area contributed by atoms with E-state index in [1.165, 1.54) is 6.07 Å². The molecule has 0 saturated carbocycles. The third kappa shape index (κ3) is 2.88. The van der Waals surface area contributed by atoms with Gasteiger partial charge in [0.05, 0.1) is 6.61 Å². The fourth-order valence-corrected chi connectivity index (χ4v) is 2.08. The van der Waals surface area contributed by atoms with Crippen LogP contribution in [0.3, 0.4) is 0 Å². The Morgan fingerprint density at radius 1 is 1.10 bits per heavy atom. The quantitative estimate of drug-likeness (QED) is 0.913. The van der Waals surface area contributed by atoms with Crippen molar-refractivity contribution in [1.82, 2.24) is 0 Å². The molecule has 0 aliphatic carbocycles. The second kappa shape index (κ2) is 5.71. The van der Waals surface area contributed by atoms with Crippen LogP contribution in [0.5, 0.6) is 5.75 Å². The van der Waals surface area contributed by atoms with E-state index < -0.39 is 12.2 Å². The number of ether oxygens (including phenoxy) is 1. The first-order valence-corrected chi connectivity index (χ1v) is 6.42. The predicted octanol–water partition coefficient (Wildman–Crippen LogP) is 4.19. The van der Waals surface area contributed by atoms with E-state index in [0.717, 1.165) is 6.42 Å². The Morgan fingerprint density at radius 2 is 1.75 bits per heavy atom. The molecule has 0 radical (unpaired) electrons. The lowest BCUT2D eigenvalue weighted by molar-refractivity contribution is -0.148. The molecule has 0 spiro atoms. The Morgan fingerprint density at radius 3 is 2.35 bits per heavy atom. The van der Waals surface area contributed by atoms with E-state index >= 15 is 0 Å². The SMILES string of the molecule is CCCOc1ccc([C@H](N)C(F)(F)F)c2ccccc12. The minimum absolute atomic E-state index is 0.0666. The van der Waals surface area contributed by atoms with Crippen molar-refractivity contribution in [2.75, 3.05) is 6.61 Å². The van der Waals surface area contributed by atoms with Crippen molar-refractivity contribution in [3.8, 4) is 5.75 Å². The van der Waals surface area contributed by atoms with Crippen molar-refractivity contribution >= 4 is 10.8 Å². The summed E-state index contributed by atoms with van der Waals surface area (Å²) >= 11 is 0. The molecule has 2 aromatic rings. The Bertz CT molecular complexity index is 595. The molecule has 108 valence electrons. The summed E-state index contributed by atoms with van der Waals surface area (Å²) < 4.78 is 44.0. The summed E-state index contributed by atoms with van der Waals surface area (Å²) in [6.45, 7) is 2.49. The molecular formula is C15H16F3NO. The van der Waals surface area contributed by atoms with E-state index in [-0.39, 0.29) is 5.56 Å². The van der Waals surface area contributed by atoms with Crippen LogP contribution in [0, 0.1) is 0 Å². The molecule has 2 rings (SSSR count). The fraction of sp³-hybridized carbons (Fsp3) is 0.333. The molecule has 20 heavy (non-hydrogen) atoms. The Labute approximate surface area is 115 Å². The maximum atomic E-state index is 12.8. The summed E-state index contributed by atoms with van der Waals surface area (Å²) in [5.74, 6) is 0.584. The molecule has 0 aromatic heterocycles. The van der Waals surface area contributed by atoms with E-state index in [1.807, 2.05) is 6.92 Å². The zero-order valence-corrected chi connectivity index (χ0v) is 11.1. The molecule has 2 nitrogen and oxygen atoms in total. The Kier molecular flexibility index (Phi) is 4.18. The Hall–Kier alpha value is -1.75. The maximum absolute atomic E-state index is 12.8. The first-order valence-electron chi connectivity index (χ1n) is 6.42. The van der Waals surface area contributed by atoms with Gasteiger partial charge in [-0.25, -0.2) is 0 Å². The third-order valence-electron chi connectivity index (χ3n) is 3.07. The van der Waals surface area contributed by atoms with Gasteiger partial charge in [-0.15, -0.1) is 0 Å². The molecule has 2 N–H and O–H groups in total. The monoisotopic (exact) mass is 283 g/mol. The van der Waals surface area contributed by atoms with Gasteiger partial charge in [-0.1, -0.05) is 37.3 Å². The lowest BCUT2D eigenvalue weighted by atomic mass is 9.98. The van der Waals surface area contributed by atoms with Gasteiger partial charge >= 0.3 is 6.18 Å². The van der Waals surface area contributed by atoms with E-state index in [2.05, 4.69) is 0 Å². The van der Waals surface area contributed by atoms with Gasteiger partial charge in [-0.2, -0.15) is 13.2 Å². The van der Waals surface area contributed by atoms with Gasteiger partial charge in [0.1, 0.15) is 11.8 Å². The summed E-state index contributed by atoms with van der Waals surface area (Å²) in [4.78, 5) is 0. The Balaban J connectivity index is 2.54. The molecule has 0 unspecified atom stereocenters. The van der Waals surface area contributed by atoms with Gasteiger partial charge in [0, 0.05) is 5.39 Å². The topological polar surface area (TPSA) is 35.2 Å². The van der Waals surface area contributed by atoms with Crippen LogP contribution in [-0.4, -0.2) is 12.8 Å². The molecule has 0 aliphatic heterocycles. The molecule has 2 aromatic carbocycles. The van der Waals surface area contributed by atoms with Crippen LogP contribution >= 0.6 is 0 Å². The molecule has 0 amide bonds. The van der Waals surface area contributed by atoms with Gasteiger partial charge in [-0.3, -0.25) is 0 Å². The average Bonchev–Trinajstić information content (AvgIpc) is 2.43. The summed E-state index contributed by atoms with van der Waals surface area (Å²) in [7, 11) is 0. The highest BCUT2D eigenvalue weighted by molar-refractivity contribution is 5.91. The highest BCUT2D eigenvalue weighted by atomic mass is 19.4. The molecule has 0 saturated heterocycles. The standard InChI is InChI=1S/C15H16F3NO/c1-2-9-20-13-8-7-12(14(19)15(16,17)18)10-5-3-4-6-11(10)13/h3-8,14H,2,9,19H2,1H3/t14-/m0/s1. The summed E-state index contributed by atoms with van der Waals surface area (Å²) in [5, 5.41) is 1.13.